The van der Waals surface area contributed by atoms with Crippen LogP contribution in [0.2, 0.25) is 0 Å². The number of carbonyl (C=O) groups is 2. The topological polar surface area (TPSA) is 52.7 Å². The molecule has 3 fully saturated rings. The van der Waals surface area contributed by atoms with Crippen LogP contribution in [0.15, 0.2) is 60.7 Å². The van der Waals surface area contributed by atoms with Gasteiger partial charge in [0, 0.05) is 19.6 Å². The second-order valence-corrected chi connectivity index (χ2v) is 10.5. The van der Waals surface area contributed by atoms with Crippen LogP contribution in [0.25, 0.3) is 0 Å². The highest BCUT2D eigenvalue weighted by molar-refractivity contribution is 6.05. The molecule has 0 unspecified atom stereocenters. The van der Waals surface area contributed by atoms with Crippen LogP contribution < -0.4 is 5.32 Å². The maximum Gasteiger partial charge on any atom is 0.249 e. The Morgan fingerprint density at radius 1 is 0.794 bits per heavy atom. The van der Waals surface area contributed by atoms with Gasteiger partial charge in [-0.05, 0) is 36.3 Å². The molecule has 0 bridgehead atoms. The van der Waals surface area contributed by atoms with Gasteiger partial charge < -0.3 is 0 Å². The summed E-state index contributed by atoms with van der Waals surface area (Å²) in [4.78, 5) is 31.4. The largest absolute Gasteiger partial charge is 0.299 e. The number of benzene rings is 2. The molecule has 0 radical (unpaired) electrons. The van der Waals surface area contributed by atoms with Crippen molar-refractivity contribution in [3.63, 3.8) is 0 Å². The number of nitrogens with zero attached hydrogens (tertiary/aromatic N) is 2. The molecule has 1 aliphatic carbocycles. The smallest absolute Gasteiger partial charge is 0.249 e. The Morgan fingerprint density at radius 3 is 2.00 bits per heavy atom. The Morgan fingerprint density at radius 2 is 1.38 bits per heavy atom. The normalized spacial score (nSPS) is 24.0. The SMILES string of the molecule is O=C1[C@H](CC2CCCCC2)NC2(CCN(Cc3ccccc3)CC2)C(=O)N1Cc1ccccc1. The minimum Gasteiger partial charge on any atom is -0.299 e. The lowest BCUT2D eigenvalue weighted by molar-refractivity contribution is -0.160. The first kappa shape index (κ1) is 23.3. The highest BCUT2D eigenvalue weighted by Crippen LogP contribution is 2.34. The highest BCUT2D eigenvalue weighted by atomic mass is 16.2. The highest BCUT2D eigenvalue weighted by Gasteiger charge is 2.52. The number of imide groups is 1. The molecule has 2 saturated heterocycles. The number of carbonyl (C=O) groups excluding carboxylic acids is 2. The quantitative estimate of drug-likeness (QED) is 0.646. The fourth-order valence-electron chi connectivity index (χ4n) is 6.13. The molecule has 1 saturated carbocycles. The third-order valence-electron chi connectivity index (χ3n) is 8.11. The number of rotatable bonds is 6. The molecule has 2 amide bonds. The van der Waals surface area contributed by atoms with Gasteiger partial charge in [0.05, 0.1) is 12.6 Å². The minimum atomic E-state index is -0.630. The number of piperazine rings is 1. The van der Waals surface area contributed by atoms with Gasteiger partial charge in [0.2, 0.25) is 11.8 Å². The Labute approximate surface area is 203 Å². The number of nitrogens with one attached hydrogen (secondary N) is 1. The summed E-state index contributed by atoms with van der Waals surface area (Å²) in [6.45, 7) is 2.99. The van der Waals surface area contributed by atoms with E-state index in [1.54, 1.807) is 4.90 Å². The second-order valence-electron chi connectivity index (χ2n) is 10.5. The number of hydrogen-bond donors (Lipinski definition) is 1. The van der Waals surface area contributed by atoms with Crippen LogP contribution >= 0.6 is 0 Å². The molecule has 2 aromatic carbocycles. The van der Waals surface area contributed by atoms with Gasteiger partial charge in [-0.15, -0.1) is 0 Å². The molecule has 180 valence electrons. The molecule has 2 aliphatic heterocycles. The Hall–Kier alpha value is -2.50. The first-order valence-electron chi connectivity index (χ1n) is 13.1. The molecule has 2 aromatic rings. The maximum absolute atomic E-state index is 13.8. The van der Waals surface area contributed by atoms with Gasteiger partial charge in [-0.2, -0.15) is 0 Å². The number of amides is 2. The fraction of sp³-hybridized carbons (Fsp3) is 0.517. The van der Waals surface area contributed by atoms with E-state index in [9.17, 15) is 9.59 Å². The zero-order valence-corrected chi connectivity index (χ0v) is 20.1. The van der Waals surface area contributed by atoms with Crippen molar-refractivity contribution in [1.82, 2.24) is 15.1 Å². The lowest BCUT2D eigenvalue weighted by Gasteiger charge is -2.49. The number of hydrogen-bond acceptors (Lipinski definition) is 4. The Bertz CT molecular complexity index is 963. The number of piperidine rings is 1. The predicted molar refractivity (Wildman–Crippen MR) is 134 cm³/mol. The van der Waals surface area contributed by atoms with Gasteiger partial charge in [-0.3, -0.25) is 24.7 Å². The molecule has 1 N–H and O–H groups in total. The van der Waals surface area contributed by atoms with E-state index in [-0.39, 0.29) is 17.9 Å². The van der Waals surface area contributed by atoms with Crippen LogP contribution in [0.3, 0.4) is 0 Å². The van der Waals surface area contributed by atoms with Gasteiger partial charge in [-0.1, -0.05) is 92.8 Å². The average Bonchev–Trinajstić information content (AvgIpc) is 2.88. The van der Waals surface area contributed by atoms with E-state index in [1.807, 2.05) is 36.4 Å². The van der Waals surface area contributed by atoms with Crippen molar-refractivity contribution in [2.45, 2.75) is 76.0 Å². The Balaban J connectivity index is 1.33. The molecule has 5 nitrogen and oxygen atoms in total. The summed E-state index contributed by atoms with van der Waals surface area (Å²) in [5.41, 5.74) is 1.69. The molecular weight excluding hydrogens is 422 g/mol. The van der Waals surface area contributed by atoms with Gasteiger partial charge >= 0.3 is 0 Å². The lowest BCUT2D eigenvalue weighted by Crippen LogP contribution is -2.72. The van der Waals surface area contributed by atoms with Crippen LogP contribution in [-0.2, 0) is 22.7 Å². The van der Waals surface area contributed by atoms with Gasteiger partial charge in [0.25, 0.3) is 0 Å². The van der Waals surface area contributed by atoms with E-state index in [1.165, 1.54) is 37.7 Å². The van der Waals surface area contributed by atoms with Crippen molar-refractivity contribution in [1.29, 1.82) is 0 Å². The van der Waals surface area contributed by atoms with E-state index in [2.05, 4.69) is 34.5 Å². The summed E-state index contributed by atoms with van der Waals surface area (Å²) in [5, 5.41) is 3.65. The minimum absolute atomic E-state index is 0.0272. The summed E-state index contributed by atoms with van der Waals surface area (Å²) < 4.78 is 0. The van der Waals surface area contributed by atoms with Gasteiger partial charge in [0.1, 0.15) is 5.54 Å². The van der Waals surface area contributed by atoms with Crippen molar-refractivity contribution in [3.05, 3.63) is 71.8 Å². The van der Waals surface area contributed by atoms with E-state index < -0.39 is 5.54 Å². The van der Waals surface area contributed by atoms with Crippen LogP contribution in [0.4, 0.5) is 0 Å². The molecular formula is C29H37N3O2. The molecule has 1 spiro atoms. The van der Waals surface area contributed by atoms with E-state index >= 15 is 0 Å². The molecule has 0 aromatic heterocycles. The summed E-state index contributed by atoms with van der Waals surface area (Å²) in [7, 11) is 0. The van der Waals surface area contributed by atoms with Crippen molar-refractivity contribution >= 4 is 11.8 Å². The standard InChI is InChI=1S/C29H37N3O2/c33-27-26(20-23-10-4-1-5-11-23)30-29(28(34)32(27)22-25-14-8-3-9-15-25)16-18-31(19-17-29)21-24-12-6-2-7-13-24/h2-3,6-9,12-15,23,26,30H,1,4-5,10-11,16-22H2/t26-/m0/s1. The van der Waals surface area contributed by atoms with Crippen LogP contribution in [0, 0.1) is 5.92 Å². The van der Waals surface area contributed by atoms with Crippen molar-refractivity contribution in [2.24, 2.45) is 5.92 Å². The summed E-state index contributed by atoms with van der Waals surface area (Å²) in [6.07, 6.45) is 8.59. The molecule has 5 heteroatoms. The molecule has 3 aliphatic rings. The zero-order chi connectivity index (χ0) is 23.4. The monoisotopic (exact) mass is 459 g/mol. The third-order valence-corrected chi connectivity index (χ3v) is 8.11. The summed E-state index contributed by atoms with van der Waals surface area (Å²) in [5.74, 6) is 0.523. The second kappa shape index (κ2) is 10.4. The van der Waals surface area contributed by atoms with Crippen LogP contribution in [-0.4, -0.2) is 46.3 Å². The lowest BCUT2D eigenvalue weighted by atomic mass is 9.79. The predicted octanol–water partition coefficient (Wildman–Crippen LogP) is 4.52. The molecule has 34 heavy (non-hydrogen) atoms. The van der Waals surface area contributed by atoms with Crippen molar-refractivity contribution < 1.29 is 9.59 Å². The summed E-state index contributed by atoms with van der Waals surface area (Å²) >= 11 is 0. The van der Waals surface area contributed by atoms with E-state index in [4.69, 9.17) is 0 Å². The van der Waals surface area contributed by atoms with E-state index in [0.29, 0.717) is 12.5 Å². The zero-order valence-electron chi connectivity index (χ0n) is 20.1. The van der Waals surface area contributed by atoms with Crippen LogP contribution in [0.1, 0.15) is 62.5 Å². The van der Waals surface area contributed by atoms with Crippen LogP contribution in [0.5, 0.6) is 0 Å². The fourth-order valence-corrected chi connectivity index (χ4v) is 6.13. The Kier molecular flexibility index (Phi) is 7.12. The van der Waals surface area contributed by atoms with E-state index in [0.717, 1.165) is 44.5 Å². The first-order valence-corrected chi connectivity index (χ1v) is 13.1. The van der Waals surface area contributed by atoms with Gasteiger partial charge in [-0.25, -0.2) is 0 Å². The molecule has 1 atom stereocenters. The molecule has 2 heterocycles. The third kappa shape index (κ3) is 5.11. The van der Waals surface area contributed by atoms with Crippen molar-refractivity contribution in [2.75, 3.05) is 13.1 Å². The summed E-state index contributed by atoms with van der Waals surface area (Å²) in [6, 6.07) is 20.2. The first-order chi connectivity index (χ1) is 16.6. The van der Waals surface area contributed by atoms with Crippen molar-refractivity contribution in [3.8, 4) is 0 Å². The molecule has 5 rings (SSSR count). The number of likely N-dealkylation sites (tertiary alicyclic amines) is 1. The average molecular weight is 460 g/mol. The van der Waals surface area contributed by atoms with Gasteiger partial charge in [0.15, 0.2) is 0 Å². The maximum atomic E-state index is 13.8.